The van der Waals surface area contributed by atoms with E-state index in [1.54, 1.807) is 19.1 Å². The number of hydrogen-bond acceptors (Lipinski definition) is 5. The summed E-state index contributed by atoms with van der Waals surface area (Å²) in [7, 11) is 0. The summed E-state index contributed by atoms with van der Waals surface area (Å²) in [5.41, 5.74) is 2.42. The number of halogens is 3. The number of aromatic carboxylic acids is 1. The van der Waals surface area contributed by atoms with Crippen LogP contribution in [0.15, 0.2) is 24.3 Å². The van der Waals surface area contributed by atoms with E-state index in [1.807, 2.05) is 12.1 Å². The molecule has 3 N–H and O–H groups in total. The number of aromatic amines is 1. The largest absolute Gasteiger partial charge is 0.477 e. The van der Waals surface area contributed by atoms with Gasteiger partial charge >= 0.3 is 5.97 Å². The molecule has 1 saturated heterocycles. The number of rotatable bonds is 6. The number of anilines is 1. The summed E-state index contributed by atoms with van der Waals surface area (Å²) in [5, 5.41) is 14.6. The number of H-pyrrole nitrogens is 1. The zero-order valence-corrected chi connectivity index (χ0v) is 20.4. The molecular weight excluding hydrogens is 507 g/mol. The fourth-order valence-corrected chi connectivity index (χ4v) is 5.89. The van der Waals surface area contributed by atoms with Gasteiger partial charge in [0.25, 0.3) is 5.91 Å². The van der Waals surface area contributed by atoms with Gasteiger partial charge < -0.3 is 20.3 Å². The Morgan fingerprint density at radius 1 is 1.18 bits per heavy atom. The van der Waals surface area contributed by atoms with Crippen LogP contribution < -0.4 is 10.2 Å². The molecule has 1 amide bonds. The molecule has 1 saturated carbocycles. The van der Waals surface area contributed by atoms with Crippen LogP contribution in [0.3, 0.4) is 0 Å². The number of carbonyl (C=O) groups excluding carboxylic acids is 1. The number of fused-ring (bicyclic) bond motifs is 1. The lowest BCUT2D eigenvalue weighted by Gasteiger charge is -2.19. The van der Waals surface area contributed by atoms with E-state index in [0.717, 1.165) is 5.56 Å². The van der Waals surface area contributed by atoms with Crippen molar-refractivity contribution in [1.29, 1.82) is 0 Å². The van der Waals surface area contributed by atoms with Gasteiger partial charge in [0.15, 0.2) is 5.13 Å². The van der Waals surface area contributed by atoms with E-state index in [1.165, 1.54) is 11.3 Å². The Morgan fingerprint density at radius 2 is 1.85 bits per heavy atom. The van der Waals surface area contributed by atoms with Crippen LogP contribution in [0, 0.1) is 18.8 Å². The van der Waals surface area contributed by atoms with Gasteiger partial charge in [-0.25, -0.2) is 9.78 Å². The molecule has 5 rings (SSSR count). The van der Waals surface area contributed by atoms with E-state index in [2.05, 4.69) is 20.2 Å². The van der Waals surface area contributed by atoms with E-state index in [-0.39, 0.29) is 39.4 Å². The lowest BCUT2D eigenvalue weighted by molar-refractivity contribution is 0.0700. The second kappa shape index (κ2) is 8.51. The number of carbonyl (C=O) groups is 2. The molecule has 0 spiro atoms. The van der Waals surface area contributed by atoms with Crippen molar-refractivity contribution in [3.05, 3.63) is 66.9 Å². The molecular formula is C22H19Cl3N4O3S. The third-order valence-corrected chi connectivity index (χ3v) is 8.55. The number of aromatic nitrogens is 2. The second-order valence-electron chi connectivity index (χ2n) is 8.37. The molecule has 0 radical (unpaired) electrons. The monoisotopic (exact) mass is 524 g/mol. The summed E-state index contributed by atoms with van der Waals surface area (Å²) in [6.45, 7) is 3.18. The minimum absolute atomic E-state index is 0.0552. The fraction of sp³-hybridized carbons (Fsp3) is 0.318. The number of thiazole rings is 1. The average molecular weight is 526 g/mol. The molecule has 3 aromatic rings. The van der Waals surface area contributed by atoms with Crippen molar-refractivity contribution in [2.24, 2.45) is 11.8 Å². The summed E-state index contributed by atoms with van der Waals surface area (Å²) in [5.74, 6) is -0.671. The highest BCUT2D eigenvalue weighted by atomic mass is 35.5. The van der Waals surface area contributed by atoms with E-state index in [4.69, 9.17) is 34.8 Å². The number of piperidine rings is 1. The molecule has 3 heterocycles. The van der Waals surface area contributed by atoms with Crippen molar-refractivity contribution in [1.82, 2.24) is 15.3 Å². The Balaban J connectivity index is 1.25. The van der Waals surface area contributed by atoms with Crippen molar-refractivity contribution >= 4 is 63.1 Å². The van der Waals surface area contributed by atoms with Crippen molar-refractivity contribution in [2.75, 3.05) is 18.0 Å². The quantitative estimate of drug-likeness (QED) is 0.425. The molecule has 33 heavy (non-hydrogen) atoms. The van der Waals surface area contributed by atoms with Gasteiger partial charge in [0.1, 0.15) is 10.6 Å². The predicted molar refractivity (Wildman–Crippen MR) is 129 cm³/mol. The third-order valence-electron chi connectivity index (χ3n) is 6.21. The van der Waals surface area contributed by atoms with Crippen LogP contribution in [-0.2, 0) is 6.42 Å². The maximum Gasteiger partial charge on any atom is 0.347 e. The molecule has 7 nitrogen and oxygen atoms in total. The molecule has 172 valence electrons. The average Bonchev–Trinajstić information content (AvgIpc) is 3.14. The first-order chi connectivity index (χ1) is 15.7. The summed E-state index contributed by atoms with van der Waals surface area (Å²) in [4.78, 5) is 34.3. The Morgan fingerprint density at radius 3 is 2.42 bits per heavy atom. The normalized spacial score (nSPS) is 21.2. The number of benzene rings is 1. The van der Waals surface area contributed by atoms with Crippen LogP contribution in [0.5, 0.6) is 0 Å². The van der Waals surface area contributed by atoms with Gasteiger partial charge in [0.05, 0.1) is 15.7 Å². The van der Waals surface area contributed by atoms with Gasteiger partial charge in [-0.1, -0.05) is 58.3 Å². The number of nitrogens with one attached hydrogen (secondary N) is 2. The molecule has 1 aliphatic carbocycles. The Kier molecular flexibility index (Phi) is 5.81. The summed E-state index contributed by atoms with van der Waals surface area (Å²) < 4.78 is 0. The third kappa shape index (κ3) is 4.21. The molecule has 1 aromatic carbocycles. The zero-order valence-electron chi connectivity index (χ0n) is 17.4. The molecule has 1 aliphatic heterocycles. The Labute approximate surface area is 208 Å². The topological polar surface area (TPSA) is 98.3 Å². The minimum atomic E-state index is -0.978. The SMILES string of the molecule is Cc1[nH]c(C(=O)NC2[C@H]3CN(c4nc(Cc5ccc(Cl)cc5)c(C(=O)O)s4)C[C@@H]23)c(Cl)c1Cl. The Hall–Kier alpha value is -2.26. The van der Waals surface area contributed by atoms with Gasteiger partial charge in [-0.15, -0.1) is 0 Å². The van der Waals surface area contributed by atoms with Crippen LogP contribution in [-0.4, -0.2) is 46.1 Å². The van der Waals surface area contributed by atoms with Crippen molar-refractivity contribution in [2.45, 2.75) is 19.4 Å². The minimum Gasteiger partial charge on any atom is -0.477 e. The maximum atomic E-state index is 12.6. The highest BCUT2D eigenvalue weighted by molar-refractivity contribution is 7.17. The van der Waals surface area contributed by atoms with Gasteiger partial charge in [-0.05, 0) is 24.6 Å². The van der Waals surface area contributed by atoms with Crippen molar-refractivity contribution in [3.63, 3.8) is 0 Å². The summed E-state index contributed by atoms with van der Waals surface area (Å²) in [6, 6.07) is 7.36. The number of amides is 1. The van der Waals surface area contributed by atoms with Crippen LogP contribution in [0.4, 0.5) is 5.13 Å². The zero-order chi connectivity index (χ0) is 23.4. The lowest BCUT2D eigenvalue weighted by atomic mass is 10.1. The Bertz CT molecular complexity index is 1240. The van der Waals surface area contributed by atoms with Gasteiger partial charge in [-0.3, -0.25) is 4.79 Å². The molecule has 11 heteroatoms. The van der Waals surface area contributed by atoms with Crippen molar-refractivity contribution < 1.29 is 14.7 Å². The van der Waals surface area contributed by atoms with Crippen LogP contribution in [0.25, 0.3) is 0 Å². The number of carboxylic acids is 1. The smallest absolute Gasteiger partial charge is 0.347 e. The van der Waals surface area contributed by atoms with E-state index in [9.17, 15) is 14.7 Å². The predicted octanol–water partition coefficient (Wildman–Crippen LogP) is 4.89. The first-order valence-corrected chi connectivity index (χ1v) is 12.2. The number of carboxylic acid groups (broad SMARTS) is 1. The van der Waals surface area contributed by atoms with Gasteiger partial charge in [0, 0.05) is 48.1 Å². The molecule has 2 fully saturated rings. The van der Waals surface area contributed by atoms with Crippen LogP contribution in [0.1, 0.15) is 37.1 Å². The lowest BCUT2D eigenvalue weighted by Crippen LogP contribution is -2.34. The van der Waals surface area contributed by atoms with Crippen LogP contribution >= 0.6 is 46.1 Å². The first-order valence-electron chi connectivity index (χ1n) is 10.3. The maximum absolute atomic E-state index is 12.6. The molecule has 0 bridgehead atoms. The molecule has 2 aromatic heterocycles. The molecule has 3 atom stereocenters. The molecule has 1 unspecified atom stereocenters. The highest BCUT2D eigenvalue weighted by Crippen LogP contribution is 2.48. The summed E-state index contributed by atoms with van der Waals surface area (Å²) >= 11 is 19.4. The van der Waals surface area contributed by atoms with E-state index >= 15 is 0 Å². The standard InChI is InChI=1S/C22H19Cl3N4O3S/c1-9-15(24)16(25)18(26-9)20(30)28-17-12-7-29(8-13(12)17)22-27-14(19(33-22)21(31)32)6-10-2-4-11(23)5-3-10/h2-5,12-13,17,26H,6-8H2,1H3,(H,28,30)(H,31,32)/t12-,13+,17?. The van der Waals surface area contributed by atoms with Crippen molar-refractivity contribution in [3.8, 4) is 0 Å². The second-order valence-corrected chi connectivity index (χ2v) is 10.5. The van der Waals surface area contributed by atoms with E-state index in [0.29, 0.717) is 46.1 Å². The van der Waals surface area contributed by atoms with E-state index < -0.39 is 5.97 Å². The van der Waals surface area contributed by atoms with Gasteiger partial charge in [-0.2, -0.15) is 0 Å². The molecule has 2 aliphatic rings. The fourth-order valence-electron chi connectivity index (χ4n) is 4.41. The van der Waals surface area contributed by atoms with Crippen LogP contribution in [0.2, 0.25) is 15.1 Å². The number of nitrogens with zero attached hydrogens (tertiary/aromatic N) is 2. The highest BCUT2D eigenvalue weighted by Gasteiger charge is 2.57. The number of aryl methyl sites for hydroxylation is 1. The number of hydrogen-bond donors (Lipinski definition) is 3. The first kappa shape index (κ1) is 22.5. The summed E-state index contributed by atoms with van der Waals surface area (Å²) in [6.07, 6.45) is 0.424. The van der Waals surface area contributed by atoms with Gasteiger partial charge in [0.2, 0.25) is 0 Å².